The molecular weight excluding hydrogens is 384 g/mol. The Morgan fingerprint density at radius 2 is 1.60 bits per heavy atom. The van der Waals surface area contributed by atoms with Crippen molar-refractivity contribution in [3.8, 4) is 0 Å². The molecule has 164 valence electrons. The lowest BCUT2D eigenvalue weighted by Gasteiger charge is -2.42. The average Bonchev–Trinajstić information content (AvgIpc) is 3.14. The van der Waals surface area contributed by atoms with Crippen LogP contribution in [0.5, 0.6) is 0 Å². The molecule has 2 aromatic rings. The first-order valence-electron chi connectivity index (χ1n) is 10.3. The third kappa shape index (κ3) is 5.66. The van der Waals surface area contributed by atoms with E-state index in [1.54, 1.807) is 0 Å². The summed E-state index contributed by atoms with van der Waals surface area (Å²) in [5.41, 5.74) is 0.879. The van der Waals surface area contributed by atoms with Gasteiger partial charge in [-0.3, -0.25) is 0 Å². The van der Waals surface area contributed by atoms with Gasteiger partial charge in [0.2, 0.25) is 0 Å². The monoisotopic (exact) mass is 416 g/mol. The third-order valence-electron chi connectivity index (χ3n) is 5.41. The molecule has 0 radical (unpaired) electrons. The quantitative estimate of drug-likeness (QED) is 0.620. The predicted octanol–water partition coefficient (Wildman–Crippen LogP) is 3.05. The number of hydrogen-bond acceptors (Lipinski definition) is 6. The summed E-state index contributed by atoms with van der Waals surface area (Å²) >= 11 is 0. The van der Waals surface area contributed by atoms with Crippen molar-refractivity contribution in [1.29, 1.82) is 0 Å². The molecule has 1 heterocycles. The predicted molar refractivity (Wildman–Crippen MR) is 113 cm³/mol. The van der Waals surface area contributed by atoms with Gasteiger partial charge >= 0.3 is 0 Å². The zero-order valence-corrected chi connectivity index (χ0v) is 17.9. The molecule has 2 N–H and O–H groups in total. The molecule has 4 atom stereocenters. The lowest BCUT2D eigenvalue weighted by atomic mass is 9.88. The van der Waals surface area contributed by atoms with Crippen molar-refractivity contribution >= 4 is 0 Å². The second-order valence-electron chi connectivity index (χ2n) is 8.24. The van der Waals surface area contributed by atoms with Crippen molar-refractivity contribution in [1.82, 2.24) is 0 Å². The molecule has 1 aliphatic heterocycles. The minimum atomic E-state index is -1.15. The molecule has 6 nitrogen and oxygen atoms in total. The maximum absolute atomic E-state index is 10.7. The Morgan fingerprint density at radius 1 is 1.03 bits per heavy atom. The largest absolute Gasteiger partial charge is 0.394 e. The van der Waals surface area contributed by atoms with E-state index in [0.717, 1.165) is 11.1 Å². The zero-order chi connectivity index (χ0) is 21.6. The summed E-state index contributed by atoms with van der Waals surface area (Å²) in [7, 11) is 0. The van der Waals surface area contributed by atoms with Crippen molar-refractivity contribution < 1.29 is 29.2 Å². The molecule has 0 bridgehead atoms. The number of aliphatic hydroxyl groups is 2. The van der Waals surface area contributed by atoms with Gasteiger partial charge in [-0.05, 0) is 31.9 Å². The van der Waals surface area contributed by atoms with Crippen LogP contribution in [0.3, 0.4) is 0 Å². The fourth-order valence-electron chi connectivity index (χ4n) is 3.66. The van der Waals surface area contributed by atoms with E-state index < -0.39 is 36.3 Å². The first-order valence-corrected chi connectivity index (χ1v) is 10.3. The van der Waals surface area contributed by atoms with Crippen LogP contribution < -0.4 is 0 Å². The van der Waals surface area contributed by atoms with Gasteiger partial charge in [-0.25, -0.2) is 0 Å². The summed E-state index contributed by atoms with van der Waals surface area (Å²) in [5, 5.41) is 20.4. The van der Waals surface area contributed by atoms with Gasteiger partial charge in [0.1, 0.15) is 23.9 Å². The van der Waals surface area contributed by atoms with Gasteiger partial charge < -0.3 is 29.2 Å². The average molecular weight is 417 g/mol. The van der Waals surface area contributed by atoms with Gasteiger partial charge in [0, 0.05) is 0 Å². The Morgan fingerprint density at radius 3 is 2.10 bits per heavy atom. The highest BCUT2D eigenvalue weighted by molar-refractivity contribution is 5.15. The topological polar surface area (TPSA) is 77.4 Å². The number of aliphatic hydroxyl groups excluding tert-OH is 2. The standard InChI is InChI=1S/C24H32O6/c1-23(2)28-17-21(30-23)24(3,29-16-19-12-8-5-9-13-19)22(20(26)14-25)27-15-18-10-6-4-7-11-18/h4-13,20-22,25-26H,14-17H2,1-3H3/t20-,21-,22-,24+/m1/s1. The van der Waals surface area contributed by atoms with Crippen LogP contribution in [0.1, 0.15) is 31.9 Å². The first kappa shape index (κ1) is 22.9. The molecule has 0 unspecified atom stereocenters. The van der Waals surface area contributed by atoms with Crippen LogP contribution in [0.25, 0.3) is 0 Å². The van der Waals surface area contributed by atoms with Crippen LogP contribution in [0.15, 0.2) is 60.7 Å². The SMILES string of the molecule is CC1(C)OC[C@H]([C@](C)(OCc2ccccc2)[C@H](OCc2ccccc2)[C@H](O)CO)O1. The summed E-state index contributed by atoms with van der Waals surface area (Å²) in [6.07, 6.45) is -2.48. The lowest BCUT2D eigenvalue weighted by Crippen LogP contribution is -2.59. The van der Waals surface area contributed by atoms with Crippen LogP contribution in [0.4, 0.5) is 0 Å². The number of hydrogen-bond donors (Lipinski definition) is 2. The summed E-state index contributed by atoms with van der Waals surface area (Å²) in [6, 6.07) is 19.5. The van der Waals surface area contributed by atoms with Crippen LogP contribution in [-0.2, 0) is 32.2 Å². The van der Waals surface area contributed by atoms with Gasteiger partial charge in [0.05, 0.1) is 26.4 Å². The lowest BCUT2D eigenvalue weighted by molar-refractivity contribution is -0.241. The second-order valence-corrected chi connectivity index (χ2v) is 8.24. The van der Waals surface area contributed by atoms with Gasteiger partial charge in [0.15, 0.2) is 5.79 Å². The smallest absolute Gasteiger partial charge is 0.163 e. The van der Waals surface area contributed by atoms with Crippen molar-refractivity contribution in [2.45, 2.75) is 63.7 Å². The second kappa shape index (κ2) is 10.0. The van der Waals surface area contributed by atoms with Crippen molar-refractivity contribution in [2.24, 2.45) is 0 Å². The van der Waals surface area contributed by atoms with Crippen LogP contribution in [0, 0.1) is 0 Å². The van der Waals surface area contributed by atoms with Gasteiger partial charge in [0.25, 0.3) is 0 Å². The highest BCUT2D eigenvalue weighted by atomic mass is 16.8. The molecule has 2 aromatic carbocycles. The molecule has 1 saturated heterocycles. The van der Waals surface area contributed by atoms with Crippen molar-refractivity contribution in [2.75, 3.05) is 13.2 Å². The Labute approximate surface area is 178 Å². The maximum Gasteiger partial charge on any atom is 0.163 e. The fourth-order valence-corrected chi connectivity index (χ4v) is 3.66. The van der Waals surface area contributed by atoms with Gasteiger partial charge in [-0.1, -0.05) is 60.7 Å². The van der Waals surface area contributed by atoms with Crippen molar-refractivity contribution in [3.63, 3.8) is 0 Å². The molecule has 6 heteroatoms. The fraction of sp³-hybridized carbons (Fsp3) is 0.500. The molecule has 0 amide bonds. The molecule has 0 saturated carbocycles. The maximum atomic E-state index is 10.7. The minimum Gasteiger partial charge on any atom is -0.394 e. The van der Waals surface area contributed by atoms with E-state index in [9.17, 15) is 10.2 Å². The third-order valence-corrected chi connectivity index (χ3v) is 5.41. The van der Waals surface area contributed by atoms with Crippen LogP contribution in [0.2, 0.25) is 0 Å². The Hall–Kier alpha value is -1.80. The van der Waals surface area contributed by atoms with Crippen molar-refractivity contribution in [3.05, 3.63) is 71.8 Å². The molecule has 30 heavy (non-hydrogen) atoms. The molecule has 1 aliphatic rings. The van der Waals surface area contributed by atoms with Gasteiger partial charge in [-0.2, -0.15) is 0 Å². The van der Waals surface area contributed by atoms with E-state index in [1.807, 2.05) is 81.4 Å². The van der Waals surface area contributed by atoms with E-state index in [0.29, 0.717) is 13.2 Å². The molecule has 0 spiro atoms. The number of rotatable bonds is 10. The van der Waals surface area contributed by atoms with E-state index in [-0.39, 0.29) is 6.61 Å². The number of benzene rings is 2. The molecule has 1 fully saturated rings. The Balaban J connectivity index is 1.85. The summed E-state index contributed by atoms with van der Waals surface area (Å²) in [5.74, 6) is -0.768. The molecule has 0 aromatic heterocycles. The molecule has 0 aliphatic carbocycles. The van der Waals surface area contributed by atoms with Crippen LogP contribution in [-0.4, -0.2) is 53.1 Å². The highest BCUT2D eigenvalue weighted by Crippen LogP contribution is 2.36. The minimum absolute atomic E-state index is 0.268. The summed E-state index contributed by atoms with van der Waals surface area (Å²) in [4.78, 5) is 0. The van der Waals surface area contributed by atoms with E-state index >= 15 is 0 Å². The van der Waals surface area contributed by atoms with E-state index in [1.165, 1.54) is 0 Å². The zero-order valence-electron chi connectivity index (χ0n) is 17.9. The molecular formula is C24H32O6. The summed E-state index contributed by atoms with van der Waals surface area (Å²) in [6.45, 7) is 5.94. The van der Waals surface area contributed by atoms with E-state index in [2.05, 4.69) is 0 Å². The van der Waals surface area contributed by atoms with Crippen LogP contribution >= 0.6 is 0 Å². The molecule has 3 rings (SSSR count). The normalized spacial score (nSPS) is 22.4. The van der Waals surface area contributed by atoms with E-state index in [4.69, 9.17) is 18.9 Å². The first-order chi connectivity index (χ1) is 14.3. The Kier molecular flexibility index (Phi) is 7.63. The summed E-state index contributed by atoms with van der Waals surface area (Å²) < 4.78 is 24.4. The Bertz CT molecular complexity index is 766. The highest BCUT2D eigenvalue weighted by Gasteiger charge is 2.52. The van der Waals surface area contributed by atoms with Gasteiger partial charge in [-0.15, -0.1) is 0 Å². The number of ether oxygens (including phenoxy) is 4.